The van der Waals surface area contributed by atoms with Gasteiger partial charge in [0.2, 0.25) is 0 Å². The Balaban J connectivity index is 1.71. The second-order valence-corrected chi connectivity index (χ2v) is 6.45. The topological polar surface area (TPSA) is 65.8 Å². The molecule has 0 spiro atoms. The van der Waals surface area contributed by atoms with Crippen LogP contribution in [0.3, 0.4) is 0 Å². The monoisotopic (exact) mass is 383 g/mol. The first-order valence-corrected chi connectivity index (χ1v) is 8.98. The molecule has 0 radical (unpaired) electrons. The number of piperazine rings is 1. The van der Waals surface area contributed by atoms with Crippen molar-refractivity contribution in [3.63, 3.8) is 0 Å². The number of carbonyl (C=O) groups is 1. The first kappa shape index (κ1) is 19.6. The lowest BCUT2D eigenvalue weighted by atomic mass is 10.1. The molecule has 1 amide bonds. The number of hydrogen-bond acceptors (Lipinski definition) is 5. The molecule has 0 bridgehead atoms. The van der Waals surface area contributed by atoms with Crippen molar-refractivity contribution < 1.29 is 18.7 Å². The molecule has 146 valence electrons. The van der Waals surface area contributed by atoms with Gasteiger partial charge in [-0.05, 0) is 29.8 Å². The predicted octanol–water partition coefficient (Wildman–Crippen LogP) is 2.87. The number of methoxy groups -OCH3 is 2. The molecule has 0 unspecified atom stereocenters. The Morgan fingerprint density at radius 1 is 1.07 bits per heavy atom. The number of benzene rings is 2. The molecule has 0 saturated carbocycles. The number of rotatable bonds is 5. The molecule has 1 heterocycles. The van der Waals surface area contributed by atoms with E-state index in [0.29, 0.717) is 43.2 Å². The highest BCUT2D eigenvalue weighted by atomic mass is 19.1. The van der Waals surface area contributed by atoms with Crippen LogP contribution in [0.4, 0.5) is 4.39 Å². The molecule has 7 heteroatoms. The van der Waals surface area contributed by atoms with Gasteiger partial charge < -0.3 is 14.4 Å². The zero-order chi connectivity index (χ0) is 20.1. The maximum Gasteiger partial charge on any atom is 0.257 e. The van der Waals surface area contributed by atoms with E-state index in [1.54, 1.807) is 35.2 Å². The maximum atomic E-state index is 13.2. The van der Waals surface area contributed by atoms with Crippen molar-refractivity contribution in [2.45, 2.75) is 6.04 Å². The fourth-order valence-corrected chi connectivity index (χ4v) is 3.42. The van der Waals surface area contributed by atoms with Crippen LogP contribution in [0, 0.1) is 17.1 Å². The van der Waals surface area contributed by atoms with Crippen LogP contribution >= 0.6 is 0 Å². The van der Waals surface area contributed by atoms with Crippen LogP contribution in [0.5, 0.6) is 11.5 Å². The lowest BCUT2D eigenvalue weighted by molar-refractivity contribution is 0.0602. The molecule has 1 aliphatic heterocycles. The van der Waals surface area contributed by atoms with Crippen LogP contribution in [0.15, 0.2) is 42.5 Å². The van der Waals surface area contributed by atoms with Gasteiger partial charge in [0.25, 0.3) is 5.91 Å². The van der Waals surface area contributed by atoms with Crippen molar-refractivity contribution in [1.82, 2.24) is 9.80 Å². The zero-order valence-electron chi connectivity index (χ0n) is 15.9. The van der Waals surface area contributed by atoms with E-state index in [1.807, 2.05) is 4.90 Å². The third-order valence-electron chi connectivity index (χ3n) is 4.91. The van der Waals surface area contributed by atoms with Crippen LogP contribution in [0.1, 0.15) is 22.0 Å². The van der Waals surface area contributed by atoms with Crippen LogP contribution in [-0.4, -0.2) is 56.1 Å². The standard InChI is InChI=1S/C21H22FN3O3/c1-27-19-5-3-4-17(20(19)28-2)21(26)25-12-10-24(11-13-25)18(14-23)15-6-8-16(22)9-7-15/h3-9,18H,10-13H2,1-2H3/t18-/m1/s1. The normalized spacial score (nSPS) is 15.6. The van der Waals surface area contributed by atoms with E-state index >= 15 is 0 Å². The number of para-hydroxylation sites is 1. The molecule has 1 aliphatic rings. The molecule has 1 fully saturated rings. The van der Waals surface area contributed by atoms with E-state index in [2.05, 4.69) is 6.07 Å². The molecule has 0 aromatic heterocycles. The molecule has 2 aromatic rings. The van der Waals surface area contributed by atoms with Crippen LogP contribution in [0.2, 0.25) is 0 Å². The van der Waals surface area contributed by atoms with Gasteiger partial charge in [0.05, 0.1) is 25.9 Å². The summed E-state index contributed by atoms with van der Waals surface area (Å²) in [6.45, 7) is 2.07. The Kier molecular flexibility index (Phi) is 6.12. The van der Waals surface area contributed by atoms with Crippen molar-refractivity contribution in [3.05, 3.63) is 59.4 Å². The minimum absolute atomic E-state index is 0.134. The van der Waals surface area contributed by atoms with Crippen LogP contribution < -0.4 is 9.47 Å². The molecule has 28 heavy (non-hydrogen) atoms. The number of carbonyl (C=O) groups excluding carboxylic acids is 1. The van der Waals surface area contributed by atoms with Gasteiger partial charge >= 0.3 is 0 Å². The van der Waals surface area contributed by atoms with Gasteiger partial charge in [-0.2, -0.15) is 5.26 Å². The number of ether oxygens (including phenoxy) is 2. The third-order valence-corrected chi connectivity index (χ3v) is 4.91. The summed E-state index contributed by atoms with van der Waals surface area (Å²) < 4.78 is 23.8. The number of amides is 1. The summed E-state index contributed by atoms with van der Waals surface area (Å²) in [7, 11) is 3.04. The summed E-state index contributed by atoms with van der Waals surface area (Å²) in [4.78, 5) is 16.7. The molecule has 3 rings (SSSR count). The van der Waals surface area contributed by atoms with E-state index in [-0.39, 0.29) is 11.7 Å². The lowest BCUT2D eigenvalue weighted by Gasteiger charge is -2.37. The largest absolute Gasteiger partial charge is 0.493 e. The SMILES string of the molecule is COc1cccc(C(=O)N2CCN([C@H](C#N)c3ccc(F)cc3)CC2)c1OC. The van der Waals surface area contributed by atoms with Gasteiger partial charge in [-0.15, -0.1) is 0 Å². The van der Waals surface area contributed by atoms with E-state index in [9.17, 15) is 14.4 Å². The zero-order valence-corrected chi connectivity index (χ0v) is 15.9. The second-order valence-electron chi connectivity index (χ2n) is 6.45. The molecule has 1 atom stereocenters. The van der Waals surface area contributed by atoms with E-state index in [1.165, 1.54) is 26.4 Å². The van der Waals surface area contributed by atoms with Crippen molar-refractivity contribution in [2.24, 2.45) is 0 Å². The molecule has 0 aliphatic carbocycles. The Labute approximate surface area is 163 Å². The highest BCUT2D eigenvalue weighted by Gasteiger charge is 2.29. The van der Waals surface area contributed by atoms with Crippen molar-refractivity contribution >= 4 is 5.91 Å². The maximum absolute atomic E-state index is 13.2. The van der Waals surface area contributed by atoms with Gasteiger partial charge in [-0.3, -0.25) is 9.69 Å². The summed E-state index contributed by atoms with van der Waals surface area (Å²) in [6, 6.07) is 13.0. The summed E-state index contributed by atoms with van der Waals surface area (Å²) >= 11 is 0. The van der Waals surface area contributed by atoms with Crippen molar-refractivity contribution in [3.8, 4) is 17.6 Å². The quantitative estimate of drug-likeness (QED) is 0.794. The van der Waals surface area contributed by atoms with Gasteiger partial charge in [-0.1, -0.05) is 18.2 Å². The first-order chi connectivity index (χ1) is 13.6. The summed E-state index contributed by atoms with van der Waals surface area (Å²) in [5.41, 5.74) is 1.20. The second kappa shape index (κ2) is 8.72. The fourth-order valence-electron chi connectivity index (χ4n) is 3.42. The number of halogens is 1. The van der Waals surface area contributed by atoms with E-state index < -0.39 is 6.04 Å². The lowest BCUT2D eigenvalue weighted by Crippen LogP contribution is -2.49. The highest BCUT2D eigenvalue weighted by molar-refractivity contribution is 5.97. The molecular weight excluding hydrogens is 361 g/mol. The smallest absolute Gasteiger partial charge is 0.257 e. The van der Waals surface area contributed by atoms with Crippen molar-refractivity contribution in [1.29, 1.82) is 5.26 Å². The Morgan fingerprint density at radius 3 is 2.32 bits per heavy atom. The van der Waals surface area contributed by atoms with E-state index in [0.717, 1.165) is 5.56 Å². The average Bonchev–Trinajstić information content (AvgIpc) is 2.74. The van der Waals surface area contributed by atoms with E-state index in [4.69, 9.17) is 9.47 Å². The number of hydrogen-bond donors (Lipinski definition) is 0. The average molecular weight is 383 g/mol. The van der Waals surface area contributed by atoms with Crippen LogP contribution in [0.25, 0.3) is 0 Å². The van der Waals surface area contributed by atoms with Crippen molar-refractivity contribution in [2.75, 3.05) is 40.4 Å². The van der Waals surface area contributed by atoms with Crippen LogP contribution in [-0.2, 0) is 0 Å². The molecule has 1 saturated heterocycles. The van der Waals surface area contributed by atoms with Gasteiger partial charge in [-0.25, -0.2) is 4.39 Å². The predicted molar refractivity (Wildman–Crippen MR) is 102 cm³/mol. The summed E-state index contributed by atoms with van der Waals surface area (Å²) in [5.74, 6) is 0.459. The number of nitrogens with zero attached hydrogens (tertiary/aromatic N) is 3. The van der Waals surface area contributed by atoms with Gasteiger partial charge in [0.1, 0.15) is 11.9 Å². The molecule has 2 aromatic carbocycles. The van der Waals surface area contributed by atoms with Gasteiger partial charge in [0.15, 0.2) is 11.5 Å². The minimum Gasteiger partial charge on any atom is -0.493 e. The Morgan fingerprint density at radius 2 is 1.75 bits per heavy atom. The third kappa shape index (κ3) is 3.92. The molecular formula is C21H22FN3O3. The van der Waals surface area contributed by atoms with Gasteiger partial charge in [0, 0.05) is 26.2 Å². The first-order valence-electron chi connectivity index (χ1n) is 8.98. The highest BCUT2D eigenvalue weighted by Crippen LogP contribution is 2.32. The number of nitriles is 1. The Hall–Kier alpha value is -3.11. The fraction of sp³-hybridized carbons (Fsp3) is 0.333. The molecule has 0 N–H and O–H groups in total. The molecule has 6 nitrogen and oxygen atoms in total. The summed E-state index contributed by atoms with van der Waals surface area (Å²) in [6.07, 6.45) is 0. The summed E-state index contributed by atoms with van der Waals surface area (Å²) in [5, 5.41) is 9.58. The Bertz CT molecular complexity index is 871. The minimum atomic E-state index is -0.468.